The second kappa shape index (κ2) is 5.57. The summed E-state index contributed by atoms with van der Waals surface area (Å²) in [5.41, 5.74) is 0.562. The predicted octanol–water partition coefficient (Wildman–Crippen LogP) is 1.25. The molecule has 2 aromatic rings. The molecule has 19 heavy (non-hydrogen) atoms. The molecular formula is C12H14N2O5. The van der Waals surface area contributed by atoms with Crippen molar-refractivity contribution < 1.29 is 23.8 Å². The minimum absolute atomic E-state index is 0.201. The highest BCUT2D eigenvalue weighted by Crippen LogP contribution is 2.39. The van der Waals surface area contributed by atoms with Gasteiger partial charge in [-0.3, -0.25) is 0 Å². The van der Waals surface area contributed by atoms with Gasteiger partial charge >= 0.3 is 0 Å². The predicted molar refractivity (Wildman–Crippen MR) is 65.3 cm³/mol. The summed E-state index contributed by atoms with van der Waals surface area (Å²) in [6.45, 7) is -0.293. The van der Waals surface area contributed by atoms with E-state index in [4.69, 9.17) is 23.8 Å². The number of aliphatic hydroxyl groups excluding tert-OH is 1. The smallest absolute Gasteiger partial charge is 0.261 e. The molecule has 0 aliphatic carbocycles. The number of methoxy groups -OCH3 is 3. The molecule has 7 nitrogen and oxygen atoms in total. The van der Waals surface area contributed by atoms with Gasteiger partial charge in [-0.1, -0.05) is 5.16 Å². The van der Waals surface area contributed by atoms with Crippen molar-refractivity contribution in [1.29, 1.82) is 0 Å². The fourth-order valence-corrected chi connectivity index (χ4v) is 1.62. The summed E-state index contributed by atoms with van der Waals surface area (Å²) >= 11 is 0. The van der Waals surface area contributed by atoms with Crippen LogP contribution in [-0.2, 0) is 6.61 Å². The first-order valence-corrected chi connectivity index (χ1v) is 5.47. The van der Waals surface area contributed by atoms with E-state index in [1.54, 1.807) is 12.1 Å². The first kappa shape index (κ1) is 13.2. The normalized spacial score (nSPS) is 10.3. The van der Waals surface area contributed by atoms with Gasteiger partial charge in [-0.05, 0) is 0 Å². The molecule has 102 valence electrons. The molecule has 0 radical (unpaired) electrons. The molecule has 1 heterocycles. The van der Waals surface area contributed by atoms with E-state index >= 15 is 0 Å². The van der Waals surface area contributed by atoms with Crippen molar-refractivity contribution in [3.05, 3.63) is 18.0 Å². The molecule has 0 saturated heterocycles. The van der Waals surface area contributed by atoms with Gasteiger partial charge in [0.05, 0.1) is 26.9 Å². The molecule has 0 saturated carbocycles. The van der Waals surface area contributed by atoms with E-state index in [0.717, 1.165) is 0 Å². The van der Waals surface area contributed by atoms with Crippen LogP contribution in [0, 0.1) is 0 Å². The molecule has 0 amide bonds. The maximum Gasteiger partial charge on any atom is 0.261 e. The molecule has 0 bridgehead atoms. The maximum atomic E-state index is 8.95. The van der Waals surface area contributed by atoms with Crippen LogP contribution in [0.15, 0.2) is 16.7 Å². The molecule has 1 aromatic carbocycles. The number of aromatic nitrogens is 2. The summed E-state index contributed by atoms with van der Waals surface area (Å²) in [6.07, 6.45) is 0. The van der Waals surface area contributed by atoms with E-state index in [1.807, 2.05) is 0 Å². The summed E-state index contributed by atoms with van der Waals surface area (Å²) in [4.78, 5) is 4.03. The quantitative estimate of drug-likeness (QED) is 0.871. The molecule has 1 N–H and O–H groups in total. The van der Waals surface area contributed by atoms with Gasteiger partial charge in [0.25, 0.3) is 5.89 Å². The molecular weight excluding hydrogens is 252 g/mol. The van der Waals surface area contributed by atoms with Crippen molar-refractivity contribution in [2.45, 2.75) is 6.61 Å². The Kier molecular flexibility index (Phi) is 3.86. The molecule has 0 spiro atoms. The molecule has 0 aliphatic rings. The SMILES string of the molecule is COc1cc(OC)c(-c2nc(CO)no2)cc1OC. The van der Waals surface area contributed by atoms with E-state index in [2.05, 4.69) is 10.1 Å². The molecule has 0 aliphatic heterocycles. The van der Waals surface area contributed by atoms with E-state index < -0.39 is 0 Å². The minimum Gasteiger partial charge on any atom is -0.496 e. The van der Waals surface area contributed by atoms with Crippen LogP contribution in [0.4, 0.5) is 0 Å². The summed E-state index contributed by atoms with van der Waals surface area (Å²) in [5, 5.41) is 12.6. The van der Waals surface area contributed by atoms with Gasteiger partial charge in [0.1, 0.15) is 12.4 Å². The van der Waals surface area contributed by atoms with Gasteiger partial charge in [0.15, 0.2) is 17.3 Å². The molecule has 1 aromatic heterocycles. The molecule has 0 unspecified atom stereocenters. The average Bonchev–Trinajstić information content (AvgIpc) is 2.94. The van der Waals surface area contributed by atoms with Crippen LogP contribution in [0.1, 0.15) is 5.82 Å². The van der Waals surface area contributed by atoms with E-state index in [0.29, 0.717) is 22.8 Å². The summed E-state index contributed by atoms with van der Waals surface area (Å²) in [5.74, 6) is 1.99. The summed E-state index contributed by atoms with van der Waals surface area (Å²) in [6, 6.07) is 3.34. The van der Waals surface area contributed by atoms with Crippen molar-refractivity contribution in [1.82, 2.24) is 10.1 Å². The zero-order valence-electron chi connectivity index (χ0n) is 10.8. The first-order valence-electron chi connectivity index (χ1n) is 5.47. The van der Waals surface area contributed by atoms with Crippen LogP contribution < -0.4 is 14.2 Å². The van der Waals surface area contributed by atoms with Crippen molar-refractivity contribution in [2.75, 3.05) is 21.3 Å². The highest BCUT2D eigenvalue weighted by molar-refractivity contribution is 5.68. The summed E-state index contributed by atoms with van der Waals surface area (Å²) in [7, 11) is 4.59. The number of nitrogens with zero attached hydrogens (tertiary/aromatic N) is 2. The zero-order chi connectivity index (χ0) is 13.8. The van der Waals surface area contributed by atoms with Gasteiger partial charge < -0.3 is 23.8 Å². The monoisotopic (exact) mass is 266 g/mol. The largest absolute Gasteiger partial charge is 0.496 e. The Hall–Kier alpha value is -2.28. The number of benzene rings is 1. The standard InChI is InChI=1S/C12H14N2O5/c1-16-8-5-10(18-3)9(17-2)4-7(8)12-13-11(6-15)14-19-12/h4-5,15H,6H2,1-3H3. The maximum absolute atomic E-state index is 8.95. The zero-order valence-corrected chi connectivity index (χ0v) is 10.8. The van der Waals surface area contributed by atoms with Crippen LogP contribution in [0.3, 0.4) is 0 Å². The van der Waals surface area contributed by atoms with Gasteiger partial charge in [0, 0.05) is 12.1 Å². The lowest BCUT2D eigenvalue weighted by Crippen LogP contribution is -1.95. The number of rotatable bonds is 5. The van der Waals surface area contributed by atoms with Crippen LogP contribution in [0.5, 0.6) is 17.2 Å². The van der Waals surface area contributed by atoms with Gasteiger partial charge in [0.2, 0.25) is 0 Å². The third-order valence-corrected chi connectivity index (χ3v) is 2.55. The Morgan fingerprint density at radius 1 is 1.05 bits per heavy atom. The van der Waals surface area contributed by atoms with Gasteiger partial charge in [-0.15, -0.1) is 0 Å². The topological polar surface area (TPSA) is 86.8 Å². The average molecular weight is 266 g/mol. The van der Waals surface area contributed by atoms with Crippen molar-refractivity contribution in [3.8, 4) is 28.7 Å². The van der Waals surface area contributed by atoms with Crippen molar-refractivity contribution in [2.24, 2.45) is 0 Å². The number of hydrogen-bond acceptors (Lipinski definition) is 7. The first-order chi connectivity index (χ1) is 9.23. The minimum atomic E-state index is -0.293. The third-order valence-electron chi connectivity index (χ3n) is 2.55. The number of aliphatic hydroxyl groups is 1. The fourth-order valence-electron chi connectivity index (χ4n) is 1.62. The summed E-state index contributed by atoms with van der Waals surface area (Å²) < 4.78 is 20.7. The highest BCUT2D eigenvalue weighted by atomic mass is 16.5. The van der Waals surface area contributed by atoms with E-state index in [1.165, 1.54) is 21.3 Å². The number of ether oxygens (including phenoxy) is 3. The second-order valence-corrected chi connectivity index (χ2v) is 3.58. The van der Waals surface area contributed by atoms with Crippen LogP contribution in [-0.4, -0.2) is 36.6 Å². The van der Waals surface area contributed by atoms with Gasteiger partial charge in [-0.25, -0.2) is 0 Å². The lowest BCUT2D eigenvalue weighted by atomic mass is 10.1. The Morgan fingerprint density at radius 3 is 2.21 bits per heavy atom. The Balaban J connectivity index is 2.54. The third kappa shape index (κ3) is 2.45. The van der Waals surface area contributed by atoms with Crippen molar-refractivity contribution >= 4 is 0 Å². The highest BCUT2D eigenvalue weighted by Gasteiger charge is 2.18. The molecule has 7 heteroatoms. The van der Waals surface area contributed by atoms with Crippen LogP contribution in [0.25, 0.3) is 11.5 Å². The second-order valence-electron chi connectivity index (χ2n) is 3.58. The lowest BCUT2D eigenvalue weighted by molar-refractivity contribution is 0.264. The molecule has 0 atom stereocenters. The fraction of sp³-hybridized carbons (Fsp3) is 0.333. The molecule has 0 fully saturated rings. The van der Waals surface area contributed by atoms with E-state index in [-0.39, 0.29) is 18.3 Å². The van der Waals surface area contributed by atoms with Gasteiger partial charge in [-0.2, -0.15) is 4.98 Å². The molecule has 2 rings (SSSR count). The van der Waals surface area contributed by atoms with Crippen LogP contribution >= 0.6 is 0 Å². The lowest BCUT2D eigenvalue weighted by Gasteiger charge is -2.11. The Morgan fingerprint density at radius 2 is 1.68 bits per heavy atom. The van der Waals surface area contributed by atoms with E-state index in [9.17, 15) is 0 Å². The van der Waals surface area contributed by atoms with Crippen molar-refractivity contribution in [3.63, 3.8) is 0 Å². The Labute approximate surface area is 109 Å². The Bertz CT molecular complexity index is 567. The number of hydrogen-bond donors (Lipinski definition) is 1. The van der Waals surface area contributed by atoms with Crippen LogP contribution in [0.2, 0.25) is 0 Å².